The molecule has 0 aliphatic carbocycles. The van der Waals surface area contributed by atoms with Gasteiger partial charge in [-0.25, -0.2) is 4.98 Å². The Morgan fingerprint density at radius 1 is 0.938 bits per heavy atom. The van der Waals surface area contributed by atoms with E-state index in [1.807, 2.05) is 78.3 Å². The lowest BCUT2D eigenvalue weighted by Gasteiger charge is -2.27. The molecule has 1 saturated heterocycles. The monoisotopic (exact) mass is 426 g/mol. The summed E-state index contributed by atoms with van der Waals surface area (Å²) >= 11 is 0. The molecule has 2 N–H and O–H groups in total. The number of hydrogen-bond acceptors (Lipinski definition) is 5. The molecular formula is C25H26N6O. The predicted molar refractivity (Wildman–Crippen MR) is 128 cm³/mol. The average Bonchev–Trinajstić information content (AvgIpc) is 3.25. The molecule has 0 bridgehead atoms. The van der Waals surface area contributed by atoms with E-state index in [0.29, 0.717) is 5.56 Å². The lowest BCUT2D eigenvalue weighted by Crippen LogP contribution is -2.31. The van der Waals surface area contributed by atoms with Crippen LogP contribution in [0.1, 0.15) is 35.3 Å². The summed E-state index contributed by atoms with van der Waals surface area (Å²) in [5.74, 6) is 1.43. The molecule has 3 aromatic heterocycles. The van der Waals surface area contributed by atoms with Crippen molar-refractivity contribution in [3.8, 4) is 0 Å². The van der Waals surface area contributed by atoms with Gasteiger partial charge in [-0.15, -0.1) is 0 Å². The molecule has 162 valence electrons. The van der Waals surface area contributed by atoms with Gasteiger partial charge in [-0.1, -0.05) is 6.07 Å². The van der Waals surface area contributed by atoms with E-state index in [1.165, 1.54) is 19.3 Å². The summed E-state index contributed by atoms with van der Waals surface area (Å²) in [7, 11) is 0. The van der Waals surface area contributed by atoms with Gasteiger partial charge in [0.05, 0.1) is 5.56 Å². The number of carbonyl (C=O) groups is 1. The lowest BCUT2D eigenvalue weighted by molar-refractivity contribution is 0.102. The van der Waals surface area contributed by atoms with Crippen LogP contribution in [0.5, 0.6) is 0 Å². The summed E-state index contributed by atoms with van der Waals surface area (Å²) in [6.45, 7) is 4.01. The molecule has 4 aromatic rings. The Labute approximate surface area is 187 Å². The largest absolute Gasteiger partial charge is 0.341 e. The Hall–Kier alpha value is -3.87. The molecule has 5 rings (SSSR count). The SMILES string of the molecule is Cc1cc(Nc2ccc(NC(=O)c3cc4ccccn4c3)cc2)nc(N2CCCCC2)n1. The maximum absolute atomic E-state index is 12.6. The van der Waals surface area contributed by atoms with Gasteiger partial charge in [0, 0.05) is 54.1 Å². The van der Waals surface area contributed by atoms with E-state index in [4.69, 9.17) is 4.98 Å². The number of fused-ring (bicyclic) bond motifs is 1. The average molecular weight is 427 g/mol. The van der Waals surface area contributed by atoms with Crippen molar-refractivity contribution in [1.82, 2.24) is 14.4 Å². The summed E-state index contributed by atoms with van der Waals surface area (Å²) in [4.78, 5) is 24.2. The maximum atomic E-state index is 12.6. The fraction of sp³-hybridized carbons (Fsp3) is 0.240. The molecule has 1 fully saturated rings. The lowest BCUT2D eigenvalue weighted by atomic mass is 10.1. The standard InChI is InChI=1S/C25H26N6O/c1-18-15-23(29-25(26-18)30-12-4-2-5-13-30)27-20-8-10-21(11-9-20)28-24(32)19-16-22-7-3-6-14-31(22)17-19/h3,6-11,14-17H,2,4-5,12-13H2,1H3,(H,28,32)(H,26,27,29). The summed E-state index contributed by atoms with van der Waals surface area (Å²) in [5, 5.41) is 6.32. The van der Waals surface area contributed by atoms with E-state index in [-0.39, 0.29) is 5.91 Å². The van der Waals surface area contributed by atoms with Crippen LogP contribution in [0.4, 0.5) is 23.1 Å². The number of aromatic nitrogens is 3. The highest BCUT2D eigenvalue weighted by Crippen LogP contribution is 2.22. The van der Waals surface area contributed by atoms with Gasteiger partial charge in [0.25, 0.3) is 5.91 Å². The number of carbonyl (C=O) groups excluding carboxylic acids is 1. The summed E-state index contributed by atoms with van der Waals surface area (Å²) < 4.78 is 1.93. The van der Waals surface area contributed by atoms with Gasteiger partial charge >= 0.3 is 0 Å². The first kappa shape index (κ1) is 20.1. The Bertz CT molecular complexity index is 1210. The van der Waals surface area contributed by atoms with Crippen LogP contribution in [-0.4, -0.2) is 33.4 Å². The minimum atomic E-state index is -0.132. The number of nitrogens with zero attached hydrogens (tertiary/aromatic N) is 4. The predicted octanol–water partition coefficient (Wildman–Crippen LogP) is 5.02. The third-order valence-electron chi connectivity index (χ3n) is 5.66. The van der Waals surface area contributed by atoms with Crippen molar-refractivity contribution >= 4 is 34.6 Å². The van der Waals surface area contributed by atoms with E-state index < -0.39 is 0 Å². The van der Waals surface area contributed by atoms with Crippen molar-refractivity contribution in [3.05, 3.63) is 78.2 Å². The van der Waals surface area contributed by atoms with E-state index in [2.05, 4.69) is 20.5 Å². The van der Waals surface area contributed by atoms with E-state index >= 15 is 0 Å². The van der Waals surface area contributed by atoms with Crippen molar-refractivity contribution < 1.29 is 4.79 Å². The second kappa shape index (κ2) is 8.70. The van der Waals surface area contributed by atoms with Crippen LogP contribution in [0.2, 0.25) is 0 Å². The molecule has 0 saturated carbocycles. The van der Waals surface area contributed by atoms with Crippen molar-refractivity contribution in [2.75, 3.05) is 28.6 Å². The van der Waals surface area contributed by atoms with Gasteiger partial charge in [0.2, 0.25) is 5.95 Å². The summed E-state index contributed by atoms with van der Waals surface area (Å²) in [5.41, 5.74) is 4.19. The van der Waals surface area contributed by atoms with Gasteiger partial charge in [0.1, 0.15) is 5.82 Å². The number of anilines is 4. The molecule has 1 amide bonds. The first-order valence-electron chi connectivity index (χ1n) is 11.0. The van der Waals surface area contributed by atoms with E-state index in [0.717, 1.165) is 47.4 Å². The fourth-order valence-corrected chi connectivity index (χ4v) is 4.02. The van der Waals surface area contributed by atoms with Crippen LogP contribution in [0.15, 0.2) is 67.0 Å². The normalized spacial score (nSPS) is 13.8. The minimum Gasteiger partial charge on any atom is -0.341 e. The number of rotatable bonds is 5. The number of piperidine rings is 1. The molecule has 0 radical (unpaired) electrons. The number of amides is 1. The highest BCUT2D eigenvalue weighted by molar-refractivity contribution is 6.05. The van der Waals surface area contributed by atoms with Crippen LogP contribution >= 0.6 is 0 Å². The van der Waals surface area contributed by atoms with Crippen molar-refractivity contribution in [2.24, 2.45) is 0 Å². The molecule has 0 unspecified atom stereocenters. The molecular weight excluding hydrogens is 400 g/mol. The second-order valence-electron chi connectivity index (χ2n) is 8.16. The molecule has 4 heterocycles. The Balaban J connectivity index is 1.26. The third kappa shape index (κ3) is 4.42. The minimum absolute atomic E-state index is 0.132. The number of nitrogens with one attached hydrogen (secondary N) is 2. The molecule has 32 heavy (non-hydrogen) atoms. The smallest absolute Gasteiger partial charge is 0.257 e. The molecule has 1 aliphatic rings. The first-order chi connectivity index (χ1) is 15.6. The Morgan fingerprint density at radius 2 is 1.72 bits per heavy atom. The number of pyridine rings is 1. The van der Waals surface area contributed by atoms with Crippen LogP contribution < -0.4 is 15.5 Å². The third-order valence-corrected chi connectivity index (χ3v) is 5.66. The number of benzene rings is 1. The Morgan fingerprint density at radius 3 is 2.50 bits per heavy atom. The van der Waals surface area contributed by atoms with Crippen LogP contribution in [0.3, 0.4) is 0 Å². The van der Waals surface area contributed by atoms with Gasteiger partial charge < -0.3 is 19.9 Å². The zero-order valence-corrected chi connectivity index (χ0v) is 18.1. The molecule has 1 aromatic carbocycles. The van der Waals surface area contributed by atoms with Crippen molar-refractivity contribution in [3.63, 3.8) is 0 Å². The van der Waals surface area contributed by atoms with Crippen molar-refractivity contribution in [2.45, 2.75) is 26.2 Å². The van der Waals surface area contributed by atoms with Crippen LogP contribution in [0.25, 0.3) is 5.52 Å². The first-order valence-corrected chi connectivity index (χ1v) is 11.0. The van der Waals surface area contributed by atoms with Crippen molar-refractivity contribution in [1.29, 1.82) is 0 Å². The van der Waals surface area contributed by atoms with Crippen LogP contribution in [0, 0.1) is 6.92 Å². The Kier molecular flexibility index (Phi) is 5.46. The van der Waals surface area contributed by atoms with Gasteiger partial charge in [-0.2, -0.15) is 4.98 Å². The molecule has 0 spiro atoms. The zero-order valence-electron chi connectivity index (χ0n) is 18.1. The molecule has 0 atom stereocenters. The van der Waals surface area contributed by atoms with E-state index in [1.54, 1.807) is 0 Å². The molecule has 7 nitrogen and oxygen atoms in total. The van der Waals surface area contributed by atoms with Gasteiger partial charge in [-0.3, -0.25) is 4.79 Å². The number of hydrogen-bond donors (Lipinski definition) is 2. The van der Waals surface area contributed by atoms with Gasteiger partial charge in [-0.05, 0) is 68.7 Å². The second-order valence-corrected chi connectivity index (χ2v) is 8.16. The van der Waals surface area contributed by atoms with E-state index in [9.17, 15) is 4.79 Å². The highest BCUT2D eigenvalue weighted by Gasteiger charge is 2.15. The maximum Gasteiger partial charge on any atom is 0.257 e. The quantitative estimate of drug-likeness (QED) is 0.468. The van der Waals surface area contributed by atoms with Gasteiger partial charge in [0.15, 0.2) is 0 Å². The fourth-order valence-electron chi connectivity index (χ4n) is 4.02. The highest BCUT2D eigenvalue weighted by atomic mass is 16.1. The van der Waals surface area contributed by atoms with Crippen LogP contribution in [-0.2, 0) is 0 Å². The number of aryl methyl sites for hydroxylation is 1. The summed E-state index contributed by atoms with van der Waals surface area (Å²) in [6, 6.07) is 17.3. The zero-order chi connectivity index (χ0) is 21.9. The molecule has 1 aliphatic heterocycles. The topological polar surface area (TPSA) is 74.6 Å². The summed E-state index contributed by atoms with van der Waals surface area (Å²) in [6.07, 6.45) is 7.41. The molecule has 7 heteroatoms.